The van der Waals surface area contributed by atoms with Crippen molar-refractivity contribution >= 4 is 5.96 Å². The molecule has 132 valence electrons. The van der Waals surface area contributed by atoms with E-state index in [-0.39, 0.29) is 0 Å². The fourth-order valence-electron chi connectivity index (χ4n) is 2.48. The third-order valence-corrected chi connectivity index (χ3v) is 3.92. The Bertz CT molecular complexity index is 411. The molecule has 0 aliphatic carbocycles. The van der Waals surface area contributed by atoms with E-state index in [1.807, 2.05) is 17.1 Å². The molecule has 2 N–H and O–H groups in total. The van der Waals surface area contributed by atoms with Crippen LogP contribution in [0, 0.1) is 0 Å². The average molecular weight is 323 g/mol. The summed E-state index contributed by atoms with van der Waals surface area (Å²) in [7, 11) is 0. The SMILES string of the molecule is CCNC(=NCCn1ccnc1)NC(C)CCCN(CC)CC. The lowest BCUT2D eigenvalue weighted by atomic mass is 10.2. The van der Waals surface area contributed by atoms with Crippen LogP contribution < -0.4 is 10.6 Å². The van der Waals surface area contributed by atoms with Crippen LogP contribution in [0.1, 0.15) is 40.5 Å². The number of imidazole rings is 1. The van der Waals surface area contributed by atoms with Crippen LogP contribution in [0.3, 0.4) is 0 Å². The highest BCUT2D eigenvalue weighted by molar-refractivity contribution is 5.79. The predicted molar refractivity (Wildman–Crippen MR) is 97.8 cm³/mol. The van der Waals surface area contributed by atoms with Crippen molar-refractivity contribution in [1.29, 1.82) is 0 Å². The third kappa shape index (κ3) is 8.59. The molecule has 0 aliphatic rings. The van der Waals surface area contributed by atoms with Crippen LogP contribution in [0.5, 0.6) is 0 Å². The van der Waals surface area contributed by atoms with Crippen molar-refractivity contribution in [1.82, 2.24) is 25.1 Å². The van der Waals surface area contributed by atoms with Crippen LogP contribution >= 0.6 is 0 Å². The first-order chi connectivity index (χ1) is 11.2. The highest BCUT2D eigenvalue weighted by Crippen LogP contribution is 1.99. The molecule has 0 amide bonds. The van der Waals surface area contributed by atoms with Crippen molar-refractivity contribution < 1.29 is 0 Å². The summed E-state index contributed by atoms with van der Waals surface area (Å²) in [5.74, 6) is 0.906. The average Bonchev–Trinajstić information content (AvgIpc) is 3.05. The number of guanidine groups is 1. The quantitative estimate of drug-likeness (QED) is 0.483. The van der Waals surface area contributed by atoms with Crippen molar-refractivity contribution in [2.24, 2.45) is 4.99 Å². The largest absolute Gasteiger partial charge is 0.357 e. The van der Waals surface area contributed by atoms with Crippen LogP contribution in [-0.4, -0.2) is 59.2 Å². The molecule has 0 spiro atoms. The molecule has 6 heteroatoms. The fourth-order valence-corrected chi connectivity index (χ4v) is 2.48. The first-order valence-electron chi connectivity index (χ1n) is 8.92. The van der Waals surface area contributed by atoms with Crippen molar-refractivity contribution in [2.75, 3.05) is 32.7 Å². The van der Waals surface area contributed by atoms with Gasteiger partial charge in [0.2, 0.25) is 0 Å². The number of hydrogen-bond acceptors (Lipinski definition) is 3. The lowest BCUT2D eigenvalue weighted by Crippen LogP contribution is -2.42. The Balaban J connectivity index is 2.32. The molecule has 0 aromatic carbocycles. The second-order valence-corrected chi connectivity index (χ2v) is 5.78. The Morgan fingerprint density at radius 2 is 2.09 bits per heavy atom. The Kier molecular flexibility index (Phi) is 10.1. The van der Waals surface area contributed by atoms with E-state index >= 15 is 0 Å². The fraction of sp³-hybridized carbons (Fsp3) is 0.765. The van der Waals surface area contributed by atoms with Gasteiger partial charge in [-0.25, -0.2) is 4.98 Å². The number of aliphatic imine (C=N–C) groups is 1. The summed E-state index contributed by atoms with van der Waals surface area (Å²) in [6.07, 6.45) is 7.95. The maximum Gasteiger partial charge on any atom is 0.191 e. The smallest absolute Gasteiger partial charge is 0.191 e. The lowest BCUT2D eigenvalue weighted by molar-refractivity contribution is 0.292. The molecule has 0 saturated carbocycles. The third-order valence-electron chi connectivity index (χ3n) is 3.92. The van der Waals surface area contributed by atoms with Gasteiger partial charge in [-0.05, 0) is 46.3 Å². The molecule has 1 aromatic heterocycles. The molecule has 0 saturated heterocycles. The molecule has 0 bridgehead atoms. The van der Waals surface area contributed by atoms with Gasteiger partial charge in [0.05, 0.1) is 12.9 Å². The van der Waals surface area contributed by atoms with Gasteiger partial charge in [-0.3, -0.25) is 4.99 Å². The minimum Gasteiger partial charge on any atom is -0.357 e. The zero-order chi connectivity index (χ0) is 16.9. The topological polar surface area (TPSA) is 57.5 Å². The first kappa shape index (κ1) is 19.5. The van der Waals surface area contributed by atoms with E-state index in [0.29, 0.717) is 6.04 Å². The monoisotopic (exact) mass is 322 g/mol. The van der Waals surface area contributed by atoms with Gasteiger partial charge >= 0.3 is 0 Å². The van der Waals surface area contributed by atoms with Gasteiger partial charge in [-0.15, -0.1) is 0 Å². The van der Waals surface area contributed by atoms with E-state index < -0.39 is 0 Å². The van der Waals surface area contributed by atoms with Gasteiger partial charge in [0.25, 0.3) is 0 Å². The maximum atomic E-state index is 4.64. The van der Waals surface area contributed by atoms with Crippen LogP contribution in [0.4, 0.5) is 0 Å². The summed E-state index contributed by atoms with van der Waals surface area (Å²) in [5, 5.41) is 6.82. The lowest BCUT2D eigenvalue weighted by Gasteiger charge is -2.21. The zero-order valence-corrected chi connectivity index (χ0v) is 15.3. The van der Waals surface area contributed by atoms with Crippen LogP contribution in [0.25, 0.3) is 0 Å². The summed E-state index contributed by atoms with van der Waals surface area (Å²) in [6, 6.07) is 0.427. The number of rotatable bonds is 11. The van der Waals surface area contributed by atoms with E-state index in [0.717, 1.165) is 45.1 Å². The van der Waals surface area contributed by atoms with Crippen molar-refractivity contribution in [2.45, 2.75) is 53.1 Å². The van der Waals surface area contributed by atoms with Crippen LogP contribution in [-0.2, 0) is 6.54 Å². The zero-order valence-electron chi connectivity index (χ0n) is 15.3. The molecular formula is C17H34N6. The molecule has 1 unspecified atom stereocenters. The van der Waals surface area contributed by atoms with Crippen LogP contribution in [0.2, 0.25) is 0 Å². The van der Waals surface area contributed by atoms with Gasteiger partial charge in [0.1, 0.15) is 0 Å². The highest BCUT2D eigenvalue weighted by atomic mass is 15.2. The van der Waals surface area contributed by atoms with Gasteiger partial charge in [0.15, 0.2) is 5.96 Å². The molecule has 1 atom stereocenters. The summed E-state index contributed by atoms with van der Waals surface area (Å²) >= 11 is 0. The minimum absolute atomic E-state index is 0.427. The molecule has 1 rings (SSSR count). The predicted octanol–water partition coefficient (Wildman–Crippen LogP) is 1.95. The van der Waals surface area contributed by atoms with Gasteiger partial charge < -0.3 is 20.1 Å². The highest BCUT2D eigenvalue weighted by Gasteiger charge is 2.06. The molecule has 0 fully saturated rings. The summed E-state index contributed by atoms with van der Waals surface area (Å²) in [6.45, 7) is 14.7. The maximum absolute atomic E-state index is 4.64. The molecule has 6 nitrogen and oxygen atoms in total. The number of hydrogen-bond donors (Lipinski definition) is 2. The van der Waals surface area contributed by atoms with Gasteiger partial charge in [-0.1, -0.05) is 13.8 Å². The first-order valence-corrected chi connectivity index (χ1v) is 8.92. The number of nitrogens with zero attached hydrogens (tertiary/aromatic N) is 4. The number of nitrogens with one attached hydrogen (secondary N) is 2. The van der Waals surface area contributed by atoms with Gasteiger partial charge in [-0.2, -0.15) is 0 Å². The summed E-state index contributed by atoms with van der Waals surface area (Å²) in [5.41, 5.74) is 0. The normalized spacial score (nSPS) is 13.3. The van der Waals surface area contributed by atoms with E-state index in [1.54, 1.807) is 6.20 Å². The Morgan fingerprint density at radius 3 is 2.70 bits per heavy atom. The number of aromatic nitrogens is 2. The standard InChI is InChI=1S/C17H34N6/c1-5-19-17(20-11-14-23-13-10-18-15-23)21-16(4)9-8-12-22(6-2)7-3/h10,13,15-16H,5-9,11-12,14H2,1-4H3,(H2,19,20,21). The summed E-state index contributed by atoms with van der Waals surface area (Å²) < 4.78 is 2.04. The van der Waals surface area contributed by atoms with E-state index in [1.165, 1.54) is 13.0 Å². The van der Waals surface area contributed by atoms with Gasteiger partial charge in [0, 0.05) is 31.5 Å². The Hall–Kier alpha value is -1.56. The molecule has 0 radical (unpaired) electrons. The minimum atomic E-state index is 0.427. The summed E-state index contributed by atoms with van der Waals surface area (Å²) in [4.78, 5) is 11.2. The second-order valence-electron chi connectivity index (χ2n) is 5.78. The van der Waals surface area contributed by atoms with E-state index in [9.17, 15) is 0 Å². The molecule has 1 aromatic rings. The second kappa shape index (κ2) is 11.9. The van der Waals surface area contributed by atoms with Crippen molar-refractivity contribution in [3.63, 3.8) is 0 Å². The van der Waals surface area contributed by atoms with E-state index in [4.69, 9.17) is 0 Å². The molecule has 1 heterocycles. The van der Waals surface area contributed by atoms with Crippen LogP contribution in [0.15, 0.2) is 23.7 Å². The van der Waals surface area contributed by atoms with Crippen molar-refractivity contribution in [3.8, 4) is 0 Å². The Morgan fingerprint density at radius 1 is 1.30 bits per heavy atom. The van der Waals surface area contributed by atoms with E-state index in [2.05, 4.69) is 53.2 Å². The Labute approximate surface area is 141 Å². The molecule has 23 heavy (non-hydrogen) atoms. The molecular weight excluding hydrogens is 288 g/mol. The van der Waals surface area contributed by atoms with Crippen molar-refractivity contribution in [3.05, 3.63) is 18.7 Å². The molecule has 0 aliphatic heterocycles.